The predicted molar refractivity (Wildman–Crippen MR) is 91.8 cm³/mol. The van der Waals surface area contributed by atoms with Crippen molar-refractivity contribution in [2.45, 2.75) is 13.3 Å². The normalized spacial score (nSPS) is 10.4. The van der Waals surface area contributed by atoms with Crippen molar-refractivity contribution < 1.29 is 4.79 Å². The van der Waals surface area contributed by atoms with Crippen LogP contribution in [-0.4, -0.2) is 33.9 Å². The molecule has 0 unspecified atom stereocenters. The highest BCUT2D eigenvalue weighted by atomic mass is 32.2. The number of hydrogen-bond acceptors (Lipinski definition) is 5. The number of thioether (sulfide) groups is 1. The molecule has 6 heteroatoms. The fraction of sp³-hybridized carbons (Fsp3) is 0.312. The van der Waals surface area contributed by atoms with Crippen molar-refractivity contribution >= 4 is 23.6 Å². The van der Waals surface area contributed by atoms with Crippen LogP contribution in [0, 0.1) is 0 Å². The summed E-state index contributed by atoms with van der Waals surface area (Å²) in [6, 6.07) is 9.51. The predicted octanol–water partition coefficient (Wildman–Crippen LogP) is 2.60. The van der Waals surface area contributed by atoms with E-state index in [1.54, 1.807) is 0 Å². The minimum Gasteiger partial charge on any atom is -0.368 e. The molecule has 1 aromatic carbocycles. The molecule has 22 heavy (non-hydrogen) atoms. The van der Waals surface area contributed by atoms with Gasteiger partial charge in [-0.3, -0.25) is 4.79 Å². The highest BCUT2D eigenvalue weighted by Gasteiger charge is 2.15. The maximum absolute atomic E-state index is 12.3. The Bertz CT molecular complexity index is 619. The summed E-state index contributed by atoms with van der Waals surface area (Å²) in [5.74, 6) is 2.00. The molecule has 2 aromatic rings. The van der Waals surface area contributed by atoms with Gasteiger partial charge in [-0.2, -0.15) is 11.8 Å². The molecule has 0 saturated carbocycles. The highest BCUT2D eigenvalue weighted by Crippen LogP contribution is 2.21. The standard InChI is InChI=1S/C16H20N4OS/c1-2-9-22-10-8-18-15(21)13-11-19-16(17)20-14(13)12-6-4-3-5-7-12/h3-7,11H,2,8-10H2,1H3,(H,18,21)(H2,17,19,20). The zero-order chi connectivity index (χ0) is 15.8. The SMILES string of the molecule is CCCSCCNC(=O)c1cnc(N)nc1-c1ccccc1. The Hall–Kier alpha value is -2.08. The average Bonchev–Trinajstić information content (AvgIpc) is 2.55. The lowest BCUT2D eigenvalue weighted by molar-refractivity contribution is 0.0956. The maximum Gasteiger partial charge on any atom is 0.255 e. The molecule has 5 nitrogen and oxygen atoms in total. The van der Waals surface area contributed by atoms with Gasteiger partial charge in [-0.25, -0.2) is 9.97 Å². The third-order valence-corrected chi connectivity index (χ3v) is 4.17. The maximum atomic E-state index is 12.3. The fourth-order valence-corrected chi connectivity index (χ4v) is 2.70. The summed E-state index contributed by atoms with van der Waals surface area (Å²) in [6.07, 6.45) is 2.63. The van der Waals surface area contributed by atoms with Crippen molar-refractivity contribution in [3.8, 4) is 11.3 Å². The van der Waals surface area contributed by atoms with Gasteiger partial charge in [0.05, 0.1) is 11.3 Å². The summed E-state index contributed by atoms with van der Waals surface area (Å²) in [7, 11) is 0. The van der Waals surface area contributed by atoms with E-state index in [2.05, 4.69) is 22.2 Å². The number of nitrogen functional groups attached to an aromatic ring is 1. The van der Waals surface area contributed by atoms with Crippen LogP contribution in [0.5, 0.6) is 0 Å². The van der Waals surface area contributed by atoms with E-state index in [-0.39, 0.29) is 11.9 Å². The zero-order valence-corrected chi connectivity index (χ0v) is 13.4. The molecule has 1 aromatic heterocycles. The number of anilines is 1. The molecule has 0 aliphatic rings. The van der Waals surface area contributed by atoms with Crippen LogP contribution in [0.4, 0.5) is 5.95 Å². The first kappa shape index (κ1) is 16.3. The third-order valence-electron chi connectivity index (χ3n) is 2.98. The first-order valence-electron chi connectivity index (χ1n) is 7.26. The van der Waals surface area contributed by atoms with Gasteiger partial charge in [0.25, 0.3) is 5.91 Å². The zero-order valence-electron chi connectivity index (χ0n) is 12.6. The van der Waals surface area contributed by atoms with Crippen LogP contribution in [-0.2, 0) is 0 Å². The monoisotopic (exact) mass is 316 g/mol. The molecule has 0 spiro atoms. The van der Waals surface area contributed by atoms with Crippen molar-refractivity contribution in [3.05, 3.63) is 42.1 Å². The van der Waals surface area contributed by atoms with Gasteiger partial charge < -0.3 is 11.1 Å². The van der Waals surface area contributed by atoms with Crippen molar-refractivity contribution in [3.63, 3.8) is 0 Å². The van der Waals surface area contributed by atoms with Gasteiger partial charge in [0, 0.05) is 24.1 Å². The van der Waals surface area contributed by atoms with Gasteiger partial charge in [0.15, 0.2) is 0 Å². The van der Waals surface area contributed by atoms with Crippen LogP contribution in [0.15, 0.2) is 36.5 Å². The molecule has 3 N–H and O–H groups in total. The van der Waals surface area contributed by atoms with E-state index >= 15 is 0 Å². The molecule has 0 bridgehead atoms. The van der Waals surface area contributed by atoms with E-state index in [4.69, 9.17) is 5.73 Å². The molecule has 0 radical (unpaired) electrons. The topological polar surface area (TPSA) is 80.9 Å². The van der Waals surface area contributed by atoms with Gasteiger partial charge >= 0.3 is 0 Å². The number of hydrogen-bond donors (Lipinski definition) is 2. The molecular formula is C16H20N4OS. The third kappa shape index (κ3) is 4.46. The van der Waals surface area contributed by atoms with E-state index in [0.717, 1.165) is 23.5 Å². The van der Waals surface area contributed by atoms with E-state index in [9.17, 15) is 4.79 Å². The van der Waals surface area contributed by atoms with Crippen molar-refractivity contribution in [1.29, 1.82) is 0 Å². The van der Waals surface area contributed by atoms with Crippen LogP contribution in [0.3, 0.4) is 0 Å². The van der Waals surface area contributed by atoms with Crippen molar-refractivity contribution in [2.24, 2.45) is 0 Å². The lowest BCUT2D eigenvalue weighted by Gasteiger charge is -2.09. The number of carbonyl (C=O) groups is 1. The molecule has 2 rings (SSSR count). The number of rotatable bonds is 7. The lowest BCUT2D eigenvalue weighted by atomic mass is 10.1. The van der Waals surface area contributed by atoms with Crippen LogP contribution in [0.2, 0.25) is 0 Å². The second kappa shape index (κ2) is 8.38. The minimum absolute atomic E-state index is 0.161. The van der Waals surface area contributed by atoms with E-state index in [0.29, 0.717) is 17.8 Å². The lowest BCUT2D eigenvalue weighted by Crippen LogP contribution is -2.27. The van der Waals surface area contributed by atoms with Gasteiger partial charge in [-0.15, -0.1) is 0 Å². The molecule has 116 valence electrons. The molecule has 0 saturated heterocycles. The molecule has 1 amide bonds. The summed E-state index contributed by atoms with van der Waals surface area (Å²) in [4.78, 5) is 20.5. The summed E-state index contributed by atoms with van der Waals surface area (Å²) < 4.78 is 0. The molecule has 0 aliphatic heterocycles. The molecule has 0 fully saturated rings. The number of nitrogens with two attached hydrogens (primary N) is 1. The van der Waals surface area contributed by atoms with Crippen LogP contribution in [0.1, 0.15) is 23.7 Å². The number of amides is 1. The minimum atomic E-state index is -0.170. The number of nitrogens with zero attached hydrogens (tertiary/aromatic N) is 2. The Morgan fingerprint density at radius 3 is 2.77 bits per heavy atom. The van der Waals surface area contributed by atoms with Gasteiger partial charge in [-0.1, -0.05) is 37.3 Å². The Morgan fingerprint density at radius 1 is 1.27 bits per heavy atom. The average molecular weight is 316 g/mol. The Labute approximate surface area is 134 Å². The largest absolute Gasteiger partial charge is 0.368 e. The van der Waals surface area contributed by atoms with Crippen LogP contribution < -0.4 is 11.1 Å². The summed E-state index contributed by atoms with van der Waals surface area (Å²) in [6.45, 7) is 2.77. The number of carbonyl (C=O) groups excluding carboxylic acids is 1. The Morgan fingerprint density at radius 2 is 2.05 bits per heavy atom. The first-order chi connectivity index (χ1) is 10.7. The van der Waals surface area contributed by atoms with Gasteiger partial charge in [0.1, 0.15) is 0 Å². The first-order valence-corrected chi connectivity index (χ1v) is 8.41. The number of benzene rings is 1. The molecule has 1 heterocycles. The Kier molecular flexibility index (Phi) is 6.21. The van der Waals surface area contributed by atoms with Crippen LogP contribution >= 0.6 is 11.8 Å². The smallest absolute Gasteiger partial charge is 0.255 e. The number of nitrogens with one attached hydrogen (secondary N) is 1. The molecule has 0 aliphatic carbocycles. The second-order valence-corrected chi connectivity index (χ2v) is 5.95. The van der Waals surface area contributed by atoms with Crippen molar-refractivity contribution in [1.82, 2.24) is 15.3 Å². The summed E-state index contributed by atoms with van der Waals surface area (Å²) in [5.41, 5.74) is 7.52. The molecule has 0 atom stereocenters. The second-order valence-electron chi connectivity index (χ2n) is 4.72. The summed E-state index contributed by atoms with van der Waals surface area (Å²) >= 11 is 1.83. The van der Waals surface area contributed by atoms with E-state index in [1.807, 2.05) is 42.1 Å². The fourth-order valence-electron chi connectivity index (χ4n) is 1.96. The van der Waals surface area contributed by atoms with Crippen LogP contribution in [0.25, 0.3) is 11.3 Å². The Balaban J connectivity index is 2.12. The summed E-state index contributed by atoms with van der Waals surface area (Å²) in [5, 5.41) is 2.91. The van der Waals surface area contributed by atoms with E-state index < -0.39 is 0 Å². The van der Waals surface area contributed by atoms with Crippen molar-refractivity contribution in [2.75, 3.05) is 23.8 Å². The highest BCUT2D eigenvalue weighted by molar-refractivity contribution is 7.99. The molecular weight excluding hydrogens is 296 g/mol. The number of aromatic nitrogens is 2. The van der Waals surface area contributed by atoms with Gasteiger partial charge in [-0.05, 0) is 12.2 Å². The van der Waals surface area contributed by atoms with E-state index in [1.165, 1.54) is 6.20 Å². The van der Waals surface area contributed by atoms with Gasteiger partial charge in [0.2, 0.25) is 5.95 Å². The quantitative estimate of drug-likeness (QED) is 0.767.